The molecule has 1 fully saturated rings. The van der Waals surface area contributed by atoms with E-state index in [1.165, 1.54) is 5.56 Å². The average molecular weight is 388 g/mol. The third-order valence-corrected chi connectivity index (χ3v) is 5.08. The van der Waals surface area contributed by atoms with Crippen molar-refractivity contribution >= 4 is 23.2 Å². The number of carbonyl (C=O) groups is 1. The molecule has 0 bridgehead atoms. The number of aromatic nitrogens is 3. The predicted octanol–water partition coefficient (Wildman–Crippen LogP) is 3.14. The number of hydrogen-bond donors (Lipinski definition) is 1. The molecule has 148 valence electrons. The van der Waals surface area contributed by atoms with E-state index in [4.69, 9.17) is 0 Å². The molecule has 0 unspecified atom stereocenters. The molecule has 3 heterocycles. The van der Waals surface area contributed by atoms with E-state index < -0.39 is 0 Å². The first kappa shape index (κ1) is 18.9. The molecule has 0 saturated carbocycles. The van der Waals surface area contributed by atoms with Crippen molar-refractivity contribution in [3.63, 3.8) is 0 Å². The summed E-state index contributed by atoms with van der Waals surface area (Å²) in [5, 5.41) is 11.6. The van der Waals surface area contributed by atoms with Gasteiger partial charge in [-0.1, -0.05) is 31.2 Å². The maximum Gasteiger partial charge on any atom is 0.274 e. The zero-order chi connectivity index (χ0) is 20.1. The van der Waals surface area contributed by atoms with Crippen molar-refractivity contribution in [3.8, 4) is 0 Å². The number of nitrogens with zero attached hydrogens (tertiary/aromatic N) is 5. The number of benzene rings is 1. The summed E-state index contributed by atoms with van der Waals surface area (Å²) >= 11 is 0. The number of rotatable bonds is 5. The first-order chi connectivity index (χ1) is 14.2. The molecule has 0 aliphatic carbocycles. The summed E-state index contributed by atoms with van der Waals surface area (Å²) in [4.78, 5) is 21.2. The van der Waals surface area contributed by atoms with Crippen molar-refractivity contribution in [1.82, 2.24) is 20.1 Å². The summed E-state index contributed by atoms with van der Waals surface area (Å²) in [6.07, 6.45) is 2.72. The Labute approximate surface area is 170 Å². The Morgan fingerprint density at radius 2 is 1.76 bits per heavy atom. The van der Waals surface area contributed by atoms with Gasteiger partial charge in [-0.2, -0.15) is 0 Å². The first-order valence-corrected chi connectivity index (χ1v) is 9.88. The number of aryl methyl sites for hydroxylation is 1. The predicted molar refractivity (Wildman–Crippen MR) is 113 cm³/mol. The number of anilines is 3. The molecule has 3 aromatic rings. The van der Waals surface area contributed by atoms with E-state index in [0.29, 0.717) is 24.6 Å². The van der Waals surface area contributed by atoms with Crippen molar-refractivity contribution < 1.29 is 4.79 Å². The molecular weight excluding hydrogens is 364 g/mol. The summed E-state index contributed by atoms with van der Waals surface area (Å²) in [5.41, 5.74) is 2.58. The maximum absolute atomic E-state index is 12.8. The molecule has 1 aromatic carbocycles. The monoisotopic (exact) mass is 388 g/mol. The number of para-hydroxylation sites is 1. The van der Waals surface area contributed by atoms with Crippen LogP contribution in [-0.2, 0) is 6.42 Å². The van der Waals surface area contributed by atoms with Gasteiger partial charge in [0.2, 0.25) is 0 Å². The van der Waals surface area contributed by atoms with Crippen LogP contribution >= 0.6 is 0 Å². The fraction of sp³-hybridized carbons (Fsp3) is 0.273. The second-order valence-electron chi connectivity index (χ2n) is 6.91. The van der Waals surface area contributed by atoms with Crippen LogP contribution in [0.15, 0.2) is 60.8 Å². The van der Waals surface area contributed by atoms with Gasteiger partial charge in [-0.05, 0) is 42.3 Å². The smallest absolute Gasteiger partial charge is 0.274 e. The van der Waals surface area contributed by atoms with Gasteiger partial charge >= 0.3 is 0 Å². The Bertz CT molecular complexity index is 953. The highest BCUT2D eigenvalue weighted by Gasteiger charge is 2.23. The van der Waals surface area contributed by atoms with E-state index in [-0.39, 0.29) is 5.91 Å². The molecule has 1 N–H and O–H groups in total. The van der Waals surface area contributed by atoms with Gasteiger partial charge in [-0.3, -0.25) is 4.79 Å². The van der Waals surface area contributed by atoms with Crippen molar-refractivity contribution in [3.05, 3.63) is 72.1 Å². The fourth-order valence-corrected chi connectivity index (χ4v) is 3.44. The van der Waals surface area contributed by atoms with Crippen LogP contribution in [0.4, 0.5) is 17.3 Å². The zero-order valence-corrected chi connectivity index (χ0v) is 16.5. The maximum atomic E-state index is 12.8. The van der Waals surface area contributed by atoms with Gasteiger partial charge in [0.05, 0.1) is 0 Å². The lowest BCUT2D eigenvalue weighted by molar-refractivity contribution is 0.0739. The summed E-state index contributed by atoms with van der Waals surface area (Å²) in [5.74, 6) is 1.49. The number of amides is 1. The van der Waals surface area contributed by atoms with Crippen LogP contribution in [-0.4, -0.2) is 52.2 Å². The number of hydrogen-bond acceptors (Lipinski definition) is 6. The highest BCUT2D eigenvalue weighted by atomic mass is 16.2. The third-order valence-electron chi connectivity index (χ3n) is 5.08. The van der Waals surface area contributed by atoms with E-state index in [1.54, 1.807) is 18.3 Å². The summed E-state index contributed by atoms with van der Waals surface area (Å²) in [6.45, 7) is 4.90. The zero-order valence-electron chi connectivity index (χ0n) is 16.5. The highest BCUT2D eigenvalue weighted by molar-refractivity contribution is 5.92. The largest absolute Gasteiger partial charge is 0.353 e. The summed E-state index contributed by atoms with van der Waals surface area (Å²) in [6, 6.07) is 17.5. The molecule has 1 aliphatic rings. The number of pyridine rings is 1. The van der Waals surface area contributed by atoms with Crippen LogP contribution in [0.25, 0.3) is 0 Å². The van der Waals surface area contributed by atoms with Gasteiger partial charge in [0, 0.05) is 38.1 Å². The molecule has 1 amide bonds. The lowest BCUT2D eigenvalue weighted by Crippen LogP contribution is -2.49. The van der Waals surface area contributed by atoms with E-state index in [2.05, 4.69) is 38.4 Å². The Balaban J connectivity index is 1.37. The molecule has 0 spiro atoms. The molecule has 7 nitrogen and oxygen atoms in total. The van der Waals surface area contributed by atoms with Crippen LogP contribution in [0, 0.1) is 0 Å². The van der Waals surface area contributed by atoms with Crippen molar-refractivity contribution in [2.24, 2.45) is 0 Å². The molecule has 4 rings (SSSR count). The van der Waals surface area contributed by atoms with Crippen LogP contribution < -0.4 is 10.2 Å². The van der Waals surface area contributed by atoms with Crippen LogP contribution in [0.2, 0.25) is 0 Å². The lowest BCUT2D eigenvalue weighted by Gasteiger charge is -2.35. The van der Waals surface area contributed by atoms with Crippen LogP contribution in [0.5, 0.6) is 0 Å². The van der Waals surface area contributed by atoms with Gasteiger partial charge in [0.15, 0.2) is 11.5 Å². The van der Waals surface area contributed by atoms with E-state index in [1.807, 2.05) is 41.3 Å². The molecule has 2 aromatic heterocycles. The fourth-order valence-electron chi connectivity index (χ4n) is 3.44. The number of carbonyl (C=O) groups excluding carboxylic acids is 1. The van der Waals surface area contributed by atoms with Gasteiger partial charge < -0.3 is 15.1 Å². The molecule has 1 aliphatic heterocycles. The normalized spacial score (nSPS) is 14.0. The van der Waals surface area contributed by atoms with Gasteiger partial charge in [0.25, 0.3) is 5.91 Å². The third kappa shape index (κ3) is 4.34. The second-order valence-corrected chi connectivity index (χ2v) is 6.91. The van der Waals surface area contributed by atoms with Gasteiger partial charge in [-0.25, -0.2) is 4.98 Å². The quantitative estimate of drug-likeness (QED) is 0.724. The average Bonchev–Trinajstić information content (AvgIpc) is 2.80. The van der Waals surface area contributed by atoms with Crippen LogP contribution in [0.3, 0.4) is 0 Å². The van der Waals surface area contributed by atoms with Gasteiger partial charge in [0.1, 0.15) is 5.82 Å². The highest BCUT2D eigenvalue weighted by Crippen LogP contribution is 2.20. The summed E-state index contributed by atoms with van der Waals surface area (Å²) in [7, 11) is 0. The minimum absolute atomic E-state index is 0.0846. The Morgan fingerprint density at radius 3 is 2.45 bits per heavy atom. The van der Waals surface area contributed by atoms with Crippen molar-refractivity contribution in [2.45, 2.75) is 13.3 Å². The van der Waals surface area contributed by atoms with Gasteiger partial charge in [-0.15, -0.1) is 10.2 Å². The van der Waals surface area contributed by atoms with E-state index in [9.17, 15) is 4.79 Å². The minimum atomic E-state index is -0.0846. The standard InChI is InChI=1S/C22H24N6O/c1-2-17-7-3-4-8-18(17)24-20-11-10-19(25-26-20)22(29)28-15-13-27(14-16-28)21-9-5-6-12-23-21/h3-12H,2,13-16H2,1H3,(H,24,26). The second kappa shape index (κ2) is 8.68. The molecule has 7 heteroatoms. The Hall–Kier alpha value is -3.48. The SMILES string of the molecule is CCc1ccccc1Nc1ccc(C(=O)N2CCN(c3ccccn3)CC2)nn1. The summed E-state index contributed by atoms with van der Waals surface area (Å²) < 4.78 is 0. The minimum Gasteiger partial charge on any atom is -0.353 e. The number of piperazine rings is 1. The van der Waals surface area contributed by atoms with Crippen LogP contribution in [0.1, 0.15) is 23.0 Å². The van der Waals surface area contributed by atoms with Crippen molar-refractivity contribution in [2.75, 3.05) is 36.4 Å². The molecule has 0 atom stereocenters. The Kier molecular flexibility index (Phi) is 5.65. The first-order valence-electron chi connectivity index (χ1n) is 9.88. The molecule has 0 radical (unpaired) electrons. The molecule has 1 saturated heterocycles. The molecular formula is C22H24N6O. The lowest BCUT2D eigenvalue weighted by atomic mass is 10.1. The van der Waals surface area contributed by atoms with Crippen molar-refractivity contribution in [1.29, 1.82) is 0 Å². The number of nitrogens with one attached hydrogen (secondary N) is 1. The van der Waals surface area contributed by atoms with E-state index in [0.717, 1.165) is 31.0 Å². The van der Waals surface area contributed by atoms with E-state index >= 15 is 0 Å². The molecule has 29 heavy (non-hydrogen) atoms. The Morgan fingerprint density at radius 1 is 0.966 bits per heavy atom. The topological polar surface area (TPSA) is 74.2 Å².